The van der Waals surface area contributed by atoms with Gasteiger partial charge in [0, 0.05) is 12.1 Å². The molecule has 0 saturated heterocycles. The number of benzene rings is 1. The Morgan fingerprint density at radius 2 is 2.29 bits per heavy atom. The lowest BCUT2D eigenvalue weighted by Gasteiger charge is -2.07. The predicted molar refractivity (Wildman–Crippen MR) is 55.7 cm³/mol. The molecule has 0 bridgehead atoms. The summed E-state index contributed by atoms with van der Waals surface area (Å²) in [5, 5.41) is 9.53. The highest BCUT2D eigenvalue weighted by Crippen LogP contribution is 2.09. The van der Waals surface area contributed by atoms with Gasteiger partial charge in [0.1, 0.15) is 6.79 Å². The van der Waals surface area contributed by atoms with Crippen molar-refractivity contribution in [2.45, 2.75) is 6.61 Å². The molecule has 14 heavy (non-hydrogen) atoms. The molecular weight excluding hydrogens is 202 g/mol. The highest BCUT2D eigenvalue weighted by atomic mass is 35.5. The Bertz CT molecular complexity index is 293. The Morgan fingerprint density at radius 1 is 1.50 bits per heavy atom. The Hall–Kier alpha value is -0.545. The van der Waals surface area contributed by atoms with E-state index in [1.54, 1.807) is 25.3 Å². The van der Waals surface area contributed by atoms with Crippen LogP contribution in [0.5, 0.6) is 0 Å². The predicted octanol–water partition coefficient (Wildman–Crippen LogP) is 0.697. The first-order chi connectivity index (χ1) is 6.77. The van der Waals surface area contributed by atoms with E-state index in [9.17, 15) is 0 Å². The number of hydrogen-bond acceptors (Lipinski definition) is 3. The van der Waals surface area contributed by atoms with Gasteiger partial charge in [-0.15, -0.1) is 0 Å². The van der Waals surface area contributed by atoms with Crippen LogP contribution in [0.3, 0.4) is 0 Å². The molecule has 1 N–H and O–H groups in total. The van der Waals surface area contributed by atoms with Gasteiger partial charge >= 0.3 is 7.48 Å². The maximum Gasteiger partial charge on any atom is 0.327 e. The summed E-state index contributed by atoms with van der Waals surface area (Å²) in [6.45, 7) is 0.582. The summed E-state index contributed by atoms with van der Waals surface area (Å²) in [6.07, 6.45) is 0. The molecule has 1 aromatic rings. The van der Waals surface area contributed by atoms with Gasteiger partial charge < -0.3 is 14.5 Å². The summed E-state index contributed by atoms with van der Waals surface area (Å²) in [5.41, 5.74) is 1.53. The SMILES string of the molecule is COCOCc1cc(Cl)ccc1[B]O. The van der Waals surface area contributed by atoms with E-state index in [-0.39, 0.29) is 6.79 Å². The third-order valence-electron chi connectivity index (χ3n) is 1.70. The topological polar surface area (TPSA) is 38.7 Å². The molecule has 75 valence electrons. The quantitative estimate of drug-likeness (QED) is 0.444. The minimum absolute atomic E-state index is 0.220. The minimum atomic E-state index is 0.220. The molecule has 0 saturated carbocycles. The average molecular weight is 213 g/mol. The zero-order chi connectivity index (χ0) is 10.4. The third-order valence-corrected chi connectivity index (χ3v) is 1.94. The van der Waals surface area contributed by atoms with Gasteiger partial charge in [0.2, 0.25) is 0 Å². The van der Waals surface area contributed by atoms with E-state index in [2.05, 4.69) is 0 Å². The van der Waals surface area contributed by atoms with Crippen molar-refractivity contribution in [2.24, 2.45) is 0 Å². The summed E-state index contributed by atoms with van der Waals surface area (Å²) in [7, 11) is 2.58. The molecule has 0 atom stereocenters. The zero-order valence-electron chi connectivity index (χ0n) is 7.87. The number of rotatable bonds is 5. The zero-order valence-corrected chi connectivity index (χ0v) is 8.62. The van der Waals surface area contributed by atoms with Crippen LogP contribution in [0.1, 0.15) is 5.56 Å². The highest BCUT2D eigenvalue weighted by Gasteiger charge is 2.03. The maximum absolute atomic E-state index is 8.91. The normalized spacial score (nSPS) is 10.2. The molecule has 3 nitrogen and oxygen atoms in total. The van der Waals surface area contributed by atoms with Crippen LogP contribution in [-0.4, -0.2) is 26.4 Å². The smallest absolute Gasteiger partial charge is 0.327 e. The van der Waals surface area contributed by atoms with E-state index >= 15 is 0 Å². The van der Waals surface area contributed by atoms with Crippen molar-refractivity contribution >= 4 is 24.5 Å². The Morgan fingerprint density at radius 3 is 2.93 bits per heavy atom. The van der Waals surface area contributed by atoms with Crippen LogP contribution >= 0.6 is 11.6 Å². The van der Waals surface area contributed by atoms with Crippen molar-refractivity contribution < 1.29 is 14.5 Å². The molecule has 0 aromatic heterocycles. The van der Waals surface area contributed by atoms with Crippen molar-refractivity contribution in [2.75, 3.05) is 13.9 Å². The van der Waals surface area contributed by atoms with Crippen LogP contribution in [0, 0.1) is 0 Å². The highest BCUT2D eigenvalue weighted by molar-refractivity contribution is 6.46. The van der Waals surface area contributed by atoms with Crippen molar-refractivity contribution in [1.29, 1.82) is 0 Å². The number of hydrogen-bond donors (Lipinski definition) is 1. The minimum Gasteiger partial charge on any atom is -0.450 e. The third kappa shape index (κ3) is 3.31. The molecule has 0 aliphatic carbocycles. The Labute approximate surface area is 88.9 Å². The Balaban J connectivity index is 2.67. The molecule has 0 amide bonds. The van der Waals surface area contributed by atoms with Crippen molar-refractivity contribution in [3.63, 3.8) is 0 Å². The number of methoxy groups -OCH3 is 1. The van der Waals surface area contributed by atoms with Gasteiger partial charge in [-0.3, -0.25) is 0 Å². The molecule has 0 aliphatic rings. The molecule has 0 unspecified atom stereocenters. The van der Waals surface area contributed by atoms with E-state index in [1.165, 1.54) is 0 Å². The van der Waals surface area contributed by atoms with Crippen molar-refractivity contribution in [1.82, 2.24) is 0 Å². The Kier molecular flexibility index (Phi) is 4.97. The van der Waals surface area contributed by atoms with Crippen LogP contribution in [0.25, 0.3) is 0 Å². The molecule has 0 spiro atoms. The van der Waals surface area contributed by atoms with E-state index < -0.39 is 0 Å². The first-order valence-corrected chi connectivity index (χ1v) is 4.48. The van der Waals surface area contributed by atoms with Crippen molar-refractivity contribution in [3.8, 4) is 0 Å². The van der Waals surface area contributed by atoms with E-state index in [4.69, 9.17) is 26.1 Å². The number of ether oxygens (including phenoxy) is 2. The molecule has 0 heterocycles. The van der Waals surface area contributed by atoms with Gasteiger partial charge in [-0.1, -0.05) is 17.7 Å². The van der Waals surface area contributed by atoms with Crippen LogP contribution in [-0.2, 0) is 16.1 Å². The summed E-state index contributed by atoms with van der Waals surface area (Å²) < 4.78 is 9.89. The van der Waals surface area contributed by atoms with Crippen LogP contribution in [0.2, 0.25) is 5.02 Å². The molecule has 0 aliphatic heterocycles. The fraction of sp³-hybridized carbons (Fsp3) is 0.333. The van der Waals surface area contributed by atoms with Crippen LogP contribution in [0.4, 0.5) is 0 Å². The summed E-state index contributed by atoms with van der Waals surface area (Å²) >= 11 is 5.80. The molecule has 5 heteroatoms. The lowest BCUT2D eigenvalue weighted by Crippen LogP contribution is -2.19. The first-order valence-electron chi connectivity index (χ1n) is 4.10. The summed E-state index contributed by atoms with van der Waals surface area (Å²) in [6, 6.07) is 5.19. The fourth-order valence-electron chi connectivity index (χ4n) is 1.06. The first kappa shape index (κ1) is 11.5. The largest absolute Gasteiger partial charge is 0.450 e. The molecular formula is C9H11BClO3. The fourth-order valence-corrected chi connectivity index (χ4v) is 1.25. The van der Waals surface area contributed by atoms with Crippen LogP contribution in [0.15, 0.2) is 18.2 Å². The second kappa shape index (κ2) is 6.04. The van der Waals surface area contributed by atoms with Gasteiger partial charge in [-0.2, -0.15) is 0 Å². The average Bonchev–Trinajstić information content (AvgIpc) is 2.19. The lowest BCUT2D eigenvalue weighted by molar-refractivity contribution is -0.0388. The van der Waals surface area contributed by atoms with Gasteiger partial charge in [-0.05, 0) is 23.2 Å². The van der Waals surface area contributed by atoms with Gasteiger partial charge in [-0.25, -0.2) is 0 Å². The maximum atomic E-state index is 8.91. The summed E-state index contributed by atoms with van der Waals surface area (Å²) in [5.74, 6) is 0. The summed E-state index contributed by atoms with van der Waals surface area (Å²) in [4.78, 5) is 0. The van der Waals surface area contributed by atoms with Gasteiger partial charge in [0.15, 0.2) is 0 Å². The van der Waals surface area contributed by atoms with E-state index in [0.29, 0.717) is 17.1 Å². The van der Waals surface area contributed by atoms with Gasteiger partial charge in [0.25, 0.3) is 0 Å². The molecule has 0 fully saturated rings. The second-order valence-electron chi connectivity index (χ2n) is 2.73. The molecule has 1 aromatic carbocycles. The lowest BCUT2D eigenvalue weighted by atomic mass is 9.85. The molecule has 1 rings (SSSR count). The number of halogens is 1. The van der Waals surface area contributed by atoms with Crippen molar-refractivity contribution in [3.05, 3.63) is 28.8 Å². The van der Waals surface area contributed by atoms with E-state index in [1.807, 2.05) is 0 Å². The van der Waals surface area contributed by atoms with Gasteiger partial charge in [0.05, 0.1) is 6.61 Å². The monoisotopic (exact) mass is 213 g/mol. The standard InChI is InChI=1S/C9H11BClO3/c1-13-6-14-5-7-4-8(11)2-3-9(7)10-12/h2-4,12H,5-6H2,1H3. The van der Waals surface area contributed by atoms with Crippen LogP contribution < -0.4 is 5.46 Å². The molecule has 1 radical (unpaired) electrons. The second-order valence-corrected chi connectivity index (χ2v) is 3.16. The van der Waals surface area contributed by atoms with E-state index in [0.717, 1.165) is 13.0 Å².